The van der Waals surface area contributed by atoms with Gasteiger partial charge in [0.1, 0.15) is 11.6 Å². The molecule has 6 heteroatoms. The van der Waals surface area contributed by atoms with Gasteiger partial charge in [-0.1, -0.05) is 0 Å². The van der Waals surface area contributed by atoms with Crippen LogP contribution in [0.1, 0.15) is 41.4 Å². The first-order chi connectivity index (χ1) is 9.41. The number of carbonyl (C=O) groups is 2. The van der Waals surface area contributed by atoms with Crippen LogP contribution in [0.15, 0.2) is 10.9 Å². The van der Waals surface area contributed by atoms with E-state index in [1.165, 1.54) is 14.0 Å². The third-order valence-electron chi connectivity index (χ3n) is 3.83. The van der Waals surface area contributed by atoms with E-state index in [4.69, 9.17) is 5.11 Å². The maximum atomic E-state index is 12.2. The highest BCUT2D eigenvalue weighted by Gasteiger charge is 2.25. The second-order valence-electron chi connectivity index (χ2n) is 5.15. The molecule has 0 radical (unpaired) electrons. The van der Waals surface area contributed by atoms with Crippen LogP contribution in [0.5, 0.6) is 0 Å². The summed E-state index contributed by atoms with van der Waals surface area (Å²) in [5.41, 5.74) is 1.45. The molecule has 1 unspecified atom stereocenters. The third-order valence-corrected chi connectivity index (χ3v) is 3.83. The van der Waals surface area contributed by atoms with Crippen molar-refractivity contribution in [3.05, 3.63) is 33.2 Å². The molecule has 1 heterocycles. The van der Waals surface area contributed by atoms with Crippen LogP contribution in [-0.4, -0.2) is 40.0 Å². The quantitative estimate of drug-likeness (QED) is 0.855. The van der Waals surface area contributed by atoms with Gasteiger partial charge in [0.15, 0.2) is 0 Å². The van der Waals surface area contributed by atoms with E-state index in [1.807, 2.05) is 0 Å². The first-order valence-electron chi connectivity index (χ1n) is 6.67. The number of nitrogens with one attached hydrogen (secondary N) is 1. The lowest BCUT2D eigenvalue weighted by atomic mass is 9.95. The van der Waals surface area contributed by atoms with Crippen LogP contribution in [0, 0.1) is 0 Å². The van der Waals surface area contributed by atoms with Gasteiger partial charge in [0.2, 0.25) is 0 Å². The number of hydrogen-bond donors (Lipinski definition) is 2. The first-order valence-corrected chi connectivity index (χ1v) is 6.67. The summed E-state index contributed by atoms with van der Waals surface area (Å²) in [7, 11) is 1.39. The number of aromatic nitrogens is 1. The van der Waals surface area contributed by atoms with Crippen molar-refractivity contribution in [3.8, 4) is 0 Å². The average Bonchev–Trinajstić information content (AvgIpc) is 2.44. The number of fused-ring (bicyclic) bond motifs is 1. The molecule has 108 valence electrons. The number of nitrogens with zero attached hydrogens (tertiary/aromatic N) is 1. The molecule has 0 bridgehead atoms. The Bertz CT molecular complexity index is 606. The Hall–Kier alpha value is -2.11. The van der Waals surface area contributed by atoms with E-state index < -0.39 is 23.5 Å². The Morgan fingerprint density at radius 3 is 2.65 bits per heavy atom. The Balaban J connectivity index is 2.35. The number of hydrogen-bond acceptors (Lipinski definition) is 3. The second-order valence-corrected chi connectivity index (χ2v) is 5.15. The topological polar surface area (TPSA) is 90.5 Å². The molecule has 0 fully saturated rings. The summed E-state index contributed by atoms with van der Waals surface area (Å²) in [6, 6.07) is 0.638. The molecule has 0 aromatic carbocycles. The Kier molecular flexibility index (Phi) is 3.92. The molecule has 2 N–H and O–H groups in total. The zero-order chi connectivity index (χ0) is 14.9. The van der Waals surface area contributed by atoms with Gasteiger partial charge in [0, 0.05) is 12.7 Å². The molecule has 0 aliphatic heterocycles. The van der Waals surface area contributed by atoms with Crippen molar-refractivity contribution in [2.24, 2.45) is 0 Å². The molecule has 0 spiro atoms. The van der Waals surface area contributed by atoms with Crippen molar-refractivity contribution in [2.75, 3.05) is 7.05 Å². The van der Waals surface area contributed by atoms with Crippen LogP contribution in [0.2, 0.25) is 0 Å². The van der Waals surface area contributed by atoms with Crippen molar-refractivity contribution in [1.82, 2.24) is 9.88 Å². The molecular weight excluding hydrogens is 260 g/mol. The number of carbonyl (C=O) groups excluding carboxylic acids is 1. The van der Waals surface area contributed by atoms with Gasteiger partial charge in [-0.2, -0.15) is 0 Å². The number of aromatic amines is 1. The predicted molar refractivity (Wildman–Crippen MR) is 72.9 cm³/mol. The fraction of sp³-hybridized carbons (Fsp3) is 0.500. The van der Waals surface area contributed by atoms with E-state index in [-0.39, 0.29) is 5.56 Å². The molecule has 1 amide bonds. The van der Waals surface area contributed by atoms with E-state index in [0.717, 1.165) is 41.8 Å². The molecule has 6 nitrogen and oxygen atoms in total. The zero-order valence-corrected chi connectivity index (χ0v) is 11.6. The summed E-state index contributed by atoms with van der Waals surface area (Å²) in [5, 5.41) is 8.93. The second kappa shape index (κ2) is 5.48. The summed E-state index contributed by atoms with van der Waals surface area (Å²) in [6.45, 7) is 1.41. The van der Waals surface area contributed by atoms with Crippen molar-refractivity contribution in [2.45, 2.75) is 38.6 Å². The van der Waals surface area contributed by atoms with Crippen molar-refractivity contribution in [1.29, 1.82) is 0 Å². The number of H-pyrrole nitrogens is 1. The highest BCUT2D eigenvalue weighted by Crippen LogP contribution is 2.19. The summed E-state index contributed by atoms with van der Waals surface area (Å²) >= 11 is 0. The van der Waals surface area contributed by atoms with Crippen molar-refractivity contribution < 1.29 is 14.7 Å². The number of carboxylic acid groups (broad SMARTS) is 1. The van der Waals surface area contributed by atoms with E-state index in [0.29, 0.717) is 0 Å². The summed E-state index contributed by atoms with van der Waals surface area (Å²) in [5.74, 6) is -1.66. The minimum atomic E-state index is -1.10. The fourth-order valence-corrected chi connectivity index (χ4v) is 2.37. The van der Waals surface area contributed by atoms with Crippen LogP contribution in [-0.2, 0) is 17.6 Å². The van der Waals surface area contributed by atoms with Gasteiger partial charge in [-0.25, -0.2) is 4.79 Å². The smallest absolute Gasteiger partial charge is 0.326 e. The van der Waals surface area contributed by atoms with Gasteiger partial charge in [-0.15, -0.1) is 0 Å². The van der Waals surface area contributed by atoms with Gasteiger partial charge in [0.25, 0.3) is 11.5 Å². The van der Waals surface area contributed by atoms with Crippen LogP contribution in [0.25, 0.3) is 0 Å². The molecule has 1 aromatic heterocycles. The summed E-state index contributed by atoms with van der Waals surface area (Å²) in [6.07, 6.45) is 3.73. The Labute approximate surface area is 116 Å². The van der Waals surface area contributed by atoms with Crippen molar-refractivity contribution in [3.63, 3.8) is 0 Å². The van der Waals surface area contributed by atoms with Crippen LogP contribution in [0.4, 0.5) is 0 Å². The van der Waals surface area contributed by atoms with Crippen LogP contribution in [0.3, 0.4) is 0 Å². The highest BCUT2D eigenvalue weighted by molar-refractivity contribution is 5.96. The maximum Gasteiger partial charge on any atom is 0.326 e. The standard InChI is InChI=1S/C14H18N2O4/c1-8(14(19)20)16(2)13(18)10-7-9-5-3-4-6-11(9)15-12(10)17/h7-8H,3-6H2,1-2H3,(H,15,17)(H,19,20). The molecule has 1 atom stereocenters. The van der Waals surface area contributed by atoms with Gasteiger partial charge < -0.3 is 15.0 Å². The largest absolute Gasteiger partial charge is 0.480 e. The number of pyridine rings is 1. The van der Waals surface area contributed by atoms with Crippen LogP contribution >= 0.6 is 0 Å². The van der Waals surface area contributed by atoms with Crippen LogP contribution < -0.4 is 5.56 Å². The molecule has 1 aliphatic rings. The maximum absolute atomic E-state index is 12.2. The predicted octanol–water partition coefficient (Wildman–Crippen LogP) is 0.799. The number of aryl methyl sites for hydroxylation is 2. The Morgan fingerprint density at radius 2 is 2.00 bits per heavy atom. The fourth-order valence-electron chi connectivity index (χ4n) is 2.37. The first kappa shape index (κ1) is 14.3. The molecular formula is C14H18N2O4. The minimum Gasteiger partial charge on any atom is -0.480 e. The zero-order valence-electron chi connectivity index (χ0n) is 11.6. The van der Waals surface area contributed by atoms with E-state index >= 15 is 0 Å². The van der Waals surface area contributed by atoms with Gasteiger partial charge >= 0.3 is 5.97 Å². The number of amides is 1. The number of carboxylic acids is 1. The molecule has 0 saturated carbocycles. The molecule has 20 heavy (non-hydrogen) atoms. The van der Waals surface area contributed by atoms with Gasteiger partial charge in [-0.3, -0.25) is 9.59 Å². The normalized spacial score (nSPS) is 15.3. The minimum absolute atomic E-state index is 0.0150. The van der Waals surface area contributed by atoms with E-state index in [2.05, 4.69) is 4.98 Å². The Morgan fingerprint density at radius 1 is 1.35 bits per heavy atom. The third kappa shape index (κ3) is 2.59. The number of aliphatic carboxylic acids is 1. The van der Waals surface area contributed by atoms with Gasteiger partial charge in [0.05, 0.1) is 0 Å². The highest BCUT2D eigenvalue weighted by atomic mass is 16.4. The van der Waals surface area contributed by atoms with Gasteiger partial charge in [-0.05, 0) is 44.2 Å². The lowest BCUT2D eigenvalue weighted by molar-refractivity contribution is -0.141. The van der Waals surface area contributed by atoms with E-state index in [1.54, 1.807) is 6.07 Å². The summed E-state index contributed by atoms with van der Waals surface area (Å²) in [4.78, 5) is 39.0. The lowest BCUT2D eigenvalue weighted by Crippen LogP contribution is -2.42. The van der Waals surface area contributed by atoms with E-state index in [9.17, 15) is 14.4 Å². The monoisotopic (exact) mass is 278 g/mol. The molecule has 1 aliphatic carbocycles. The SMILES string of the molecule is CC(C(=O)O)N(C)C(=O)c1cc2c([nH]c1=O)CCCC2. The number of likely N-dealkylation sites (N-methyl/N-ethyl adjacent to an activating group) is 1. The van der Waals surface area contributed by atoms with Crippen molar-refractivity contribution >= 4 is 11.9 Å². The lowest BCUT2D eigenvalue weighted by Gasteiger charge is -2.22. The number of rotatable bonds is 3. The molecule has 2 rings (SSSR count). The molecule has 1 aromatic rings. The summed E-state index contributed by atoms with van der Waals surface area (Å²) < 4.78 is 0. The average molecular weight is 278 g/mol. The molecule has 0 saturated heterocycles.